The Morgan fingerprint density at radius 3 is 2.77 bits per heavy atom. The van der Waals surface area contributed by atoms with Crippen LogP contribution in [0, 0.1) is 17.3 Å². The molecule has 0 aromatic carbocycles. The highest BCUT2D eigenvalue weighted by Crippen LogP contribution is 2.60. The summed E-state index contributed by atoms with van der Waals surface area (Å²) in [5, 5.41) is 0. The summed E-state index contributed by atoms with van der Waals surface area (Å²) in [4.78, 5) is 11.9. The van der Waals surface area contributed by atoms with Crippen LogP contribution in [0.15, 0.2) is 0 Å². The Kier molecular flexibility index (Phi) is 1.59. The molecule has 0 N–H and O–H groups in total. The fourth-order valence-electron chi connectivity index (χ4n) is 4.38. The van der Waals surface area contributed by atoms with Crippen LogP contribution in [-0.4, -0.2) is 5.78 Å². The van der Waals surface area contributed by atoms with E-state index >= 15 is 0 Å². The van der Waals surface area contributed by atoms with Crippen molar-refractivity contribution in [1.82, 2.24) is 0 Å². The average molecular weight is 178 g/mol. The molecule has 0 radical (unpaired) electrons. The Morgan fingerprint density at radius 1 is 1.08 bits per heavy atom. The van der Waals surface area contributed by atoms with E-state index in [-0.39, 0.29) is 0 Å². The lowest BCUT2D eigenvalue weighted by Crippen LogP contribution is -2.40. The van der Waals surface area contributed by atoms with Crippen molar-refractivity contribution in [2.24, 2.45) is 17.3 Å². The van der Waals surface area contributed by atoms with Gasteiger partial charge < -0.3 is 0 Å². The summed E-state index contributed by atoms with van der Waals surface area (Å²) in [6.07, 6.45) is 10.3. The van der Waals surface area contributed by atoms with Gasteiger partial charge in [-0.3, -0.25) is 4.79 Å². The molecule has 3 aliphatic carbocycles. The summed E-state index contributed by atoms with van der Waals surface area (Å²) in [7, 11) is 0. The zero-order valence-electron chi connectivity index (χ0n) is 8.22. The van der Waals surface area contributed by atoms with Crippen LogP contribution in [0.2, 0.25) is 0 Å². The van der Waals surface area contributed by atoms with E-state index in [0.717, 1.165) is 12.3 Å². The van der Waals surface area contributed by atoms with Crippen LogP contribution in [0.3, 0.4) is 0 Å². The first-order valence-corrected chi connectivity index (χ1v) is 5.85. The van der Waals surface area contributed by atoms with Crippen LogP contribution in [0.25, 0.3) is 0 Å². The van der Waals surface area contributed by atoms with E-state index in [2.05, 4.69) is 0 Å². The first-order valence-electron chi connectivity index (χ1n) is 5.85. The first kappa shape index (κ1) is 8.02. The Labute approximate surface area is 79.9 Å². The summed E-state index contributed by atoms with van der Waals surface area (Å²) in [5.41, 5.74) is 0.512. The summed E-state index contributed by atoms with van der Waals surface area (Å²) < 4.78 is 0. The maximum atomic E-state index is 11.9. The number of carbonyl (C=O) groups excluding carboxylic acids is 1. The molecule has 1 unspecified atom stereocenters. The van der Waals surface area contributed by atoms with Gasteiger partial charge in [0.05, 0.1) is 0 Å². The molecule has 3 aliphatic rings. The fourth-order valence-corrected chi connectivity index (χ4v) is 4.38. The molecule has 3 saturated carbocycles. The van der Waals surface area contributed by atoms with Gasteiger partial charge in [0.1, 0.15) is 5.78 Å². The van der Waals surface area contributed by atoms with Gasteiger partial charge in [-0.2, -0.15) is 0 Å². The molecule has 1 heteroatoms. The summed E-state index contributed by atoms with van der Waals surface area (Å²) >= 11 is 0. The highest BCUT2D eigenvalue weighted by Gasteiger charge is 2.54. The smallest absolute Gasteiger partial charge is 0.136 e. The SMILES string of the molecule is O=C1CCC[C@]23CCC[C@H](CC2)C13. The van der Waals surface area contributed by atoms with E-state index in [1.807, 2.05) is 0 Å². The molecule has 0 saturated heterocycles. The molecule has 2 bridgehead atoms. The second kappa shape index (κ2) is 2.59. The maximum absolute atomic E-state index is 11.9. The van der Waals surface area contributed by atoms with Gasteiger partial charge in [0.15, 0.2) is 0 Å². The summed E-state index contributed by atoms with van der Waals surface area (Å²) in [5.74, 6) is 1.92. The third-order valence-electron chi connectivity index (χ3n) is 4.84. The monoisotopic (exact) mass is 178 g/mol. The molecule has 1 nitrogen and oxygen atoms in total. The van der Waals surface area contributed by atoms with E-state index in [1.165, 1.54) is 44.9 Å². The van der Waals surface area contributed by atoms with Crippen molar-refractivity contribution in [2.45, 2.75) is 51.4 Å². The second-order valence-corrected chi connectivity index (χ2v) is 5.35. The standard InChI is InChI=1S/C12H18O/c13-10-4-2-7-12-6-1-3-9(5-8-12)11(10)12/h9,11H,1-8H2/t9-,11?,12-/m1/s1. The number of rotatable bonds is 0. The predicted molar refractivity (Wildman–Crippen MR) is 51.4 cm³/mol. The van der Waals surface area contributed by atoms with Crippen LogP contribution in [0.1, 0.15) is 51.4 Å². The van der Waals surface area contributed by atoms with Gasteiger partial charge in [-0.15, -0.1) is 0 Å². The Morgan fingerprint density at radius 2 is 1.92 bits per heavy atom. The van der Waals surface area contributed by atoms with Crippen LogP contribution in [0.4, 0.5) is 0 Å². The Hall–Kier alpha value is -0.330. The van der Waals surface area contributed by atoms with Crippen molar-refractivity contribution >= 4 is 5.78 Å². The highest BCUT2D eigenvalue weighted by atomic mass is 16.1. The van der Waals surface area contributed by atoms with E-state index in [1.54, 1.807) is 0 Å². The lowest BCUT2D eigenvalue weighted by Gasteiger charge is -2.43. The molecule has 13 heavy (non-hydrogen) atoms. The molecule has 3 rings (SSSR count). The second-order valence-electron chi connectivity index (χ2n) is 5.35. The van der Waals surface area contributed by atoms with Crippen molar-refractivity contribution < 1.29 is 4.79 Å². The van der Waals surface area contributed by atoms with Crippen molar-refractivity contribution in [2.75, 3.05) is 0 Å². The lowest BCUT2D eigenvalue weighted by molar-refractivity contribution is -0.132. The number of Topliss-reactive ketones (excluding diaryl/α,β-unsaturated/α-hetero) is 1. The molecule has 3 fully saturated rings. The highest BCUT2D eigenvalue weighted by molar-refractivity contribution is 5.83. The molecular formula is C12H18O. The molecule has 0 aromatic rings. The van der Waals surface area contributed by atoms with Gasteiger partial charge in [0.2, 0.25) is 0 Å². The molecule has 72 valence electrons. The van der Waals surface area contributed by atoms with Crippen molar-refractivity contribution in [3.05, 3.63) is 0 Å². The van der Waals surface area contributed by atoms with Gasteiger partial charge in [-0.05, 0) is 49.9 Å². The van der Waals surface area contributed by atoms with Gasteiger partial charge >= 0.3 is 0 Å². The van der Waals surface area contributed by atoms with Gasteiger partial charge in [0.25, 0.3) is 0 Å². The Bertz CT molecular complexity index is 236. The Balaban J connectivity index is 1.98. The van der Waals surface area contributed by atoms with E-state index < -0.39 is 0 Å². The minimum absolute atomic E-state index is 0.509. The minimum Gasteiger partial charge on any atom is -0.299 e. The zero-order chi connectivity index (χ0) is 8.89. The number of ketones is 1. The predicted octanol–water partition coefficient (Wildman–Crippen LogP) is 2.94. The van der Waals surface area contributed by atoms with Crippen molar-refractivity contribution in [3.8, 4) is 0 Å². The molecule has 0 aromatic heterocycles. The number of carbonyl (C=O) groups is 1. The molecule has 0 spiro atoms. The topological polar surface area (TPSA) is 17.1 Å². The van der Waals surface area contributed by atoms with Gasteiger partial charge in [0, 0.05) is 12.3 Å². The first-order chi connectivity index (χ1) is 6.32. The lowest BCUT2D eigenvalue weighted by atomic mass is 9.60. The maximum Gasteiger partial charge on any atom is 0.136 e. The third kappa shape index (κ3) is 0.963. The van der Waals surface area contributed by atoms with E-state index in [0.29, 0.717) is 17.1 Å². The van der Waals surface area contributed by atoms with E-state index in [9.17, 15) is 4.79 Å². The quantitative estimate of drug-likeness (QED) is 0.557. The molecule has 0 heterocycles. The third-order valence-corrected chi connectivity index (χ3v) is 4.84. The summed E-state index contributed by atoms with van der Waals surface area (Å²) in [6, 6.07) is 0. The van der Waals surface area contributed by atoms with Crippen molar-refractivity contribution in [1.29, 1.82) is 0 Å². The van der Waals surface area contributed by atoms with Gasteiger partial charge in [-0.25, -0.2) is 0 Å². The van der Waals surface area contributed by atoms with Gasteiger partial charge in [-0.1, -0.05) is 6.42 Å². The number of hydrogen-bond acceptors (Lipinski definition) is 1. The molecule has 0 amide bonds. The van der Waals surface area contributed by atoms with Crippen LogP contribution in [-0.2, 0) is 4.79 Å². The van der Waals surface area contributed by atoms with E-state index in [4.69, 9.17) is 0 Å². The normalized spacial score (nSPS) is 49.1. The molecule has 3 atom stereocenters. The zero-order valence-corrected chi connectivity index (χ0v) is 8.22. The minimum atomic E-state index is 0.509. The van der Waals surface area contributed by atoms with Crippen LogP contribution < -0.4 is 0 Å². The summed E-state index contributed by atoms with van der Waals surface area (Å²) in [6.45, 7) is 0. The largest absolute Gasteiger partial charge is 0.299 e. The fraction of sp³-hybridized carbons (Fsp3) is 0.917. The molecule has 0 aliphatic heterocycles. The molecular weight excluding hydrogens is 160 g/mol. The number of hydrogen-bond donors (Lipinski definition) is 0. The van der Waals surface area contributed by atoms with Crippen LogP contribution in [0.5, 0.6) is 0 Å². The average Bonchev–Trinajstić information content (AvgIpc) is 2.38. The van der Waals surface area contributed by atoms with Crippen molar-refractivity contribution in [3.63, 3.8) is 0 Å². The van der Waals surface area contributed by atoms with Crippen LogP contribution >= 0.6 is 0 Å².